The summed E-state index contributed by atoms with van der Waals surface area (Å²) in [5.74, 6) is 0. The van der Waals surface area contributed by atoms with Gasteiger partial charge in [0.1, 0.15) is 0 Å². The molecule has 0 aliphatic heterocycles. The third-order valence-corrected chi connectivity index (χ3v) is 21.0. The summed E-state index contributed by atoms with van der Waals surface area (Å²) in [4.78, 5) is 2.44. The van der Waals surface area contributed by atoms with Crippen LogP contribution in [0.4, 0.5) is 17.1 Å². The number of rotatable bonds is 25. The highest BCUT2D eigenvalue weighted by molar-refractivity contribution is 6.10. The van der Waals surface area contributed by atoms with Crippen LogP contribution in [0.25, 0.3) is 128 Å². The van der Waals surface area contributed by atoms with Crippen LogP contribution >= 0.6 is 0 Å². The van der Waals surface area contributed by atoms with Crippen molar-refractivity contribution in [2.45, 2.75) is 105 Å². The second-order valence-electron chi connectivity index (χ2n) is 27.8. The number of anilines is 3. The van der Waals surface area contributed by atoms with E-state index in [0.29, 0.717) is 0 Å². The Bertz CT molecular complexity index is 5280. The van der Waals surface area contributed by atoms with Crippen molar-refractivity contribution in [2.75, 3.05) is 4.90 Å². The van der Waals surface area contributed by atoms with Crippen LogP contribution in [-0.4, -0.2) is 4.57 Å². The van der Waals surface area contributed by atoms with Crippen molar-refractivity contribution in [3.8, 4) is 106 Å². The lowest BCUT2D eigenvalue weighted by Crippen LogP contribution is -2.10. The quantitative estimate of drug-likeness (QED) is 0.0518. The smallest absolute Gasteiger partial charge is 0.0541 e. The summed E-state index contributed by atoms with van der Waals surface area (Å²) in [7, 11) is 0. The fourth-order valence-electron chi connectivity index (χ4n) is 15.3. The van der Waals surface area contributed by atoms with Crippen LogP contribution in [0.3, 0.4) is 0 Å². The molecule has 0 spiro atoms. The average molecular weight is 1320 g/mol. The third-order valence-electron chi connectivity index (χ3n) is 21.0. The Hall–Kier alpha value is -11.3. The molecule has 0 atom stereocenters. The van der Waals surface area contributed by atoms with Gasteiger partial charge >= 0.3 is 0 Å². The van der Waals surface area contributed by atoms with E-state index in [0.717, 1.165) is 61.3 Å². The van der Waals surface area contributed by atoms with Gasteiger partial charge in [0.05, 0.1) is 11.0 Å². The van der Waals surface area contributed by atoms with Gasteiger partial charge in [0, 0.05) is 33.5 Å². The van der Waals surface area contributed by atoms with E-state index in [1.54, 1.807) is 0 Å². The van der Waals surface area contributed by atoms with Gasteiger partial charge in [-0.2, -0.15) is 0 Å². The minimum absolute atomic E-state index is 1.03. The maximum atomic E-state index is 2.61. The lowest BCUT2D eigenvalue weighted by atomic mass is 9.85. The molecular weight excluding hydrogens is 1230 g/mol. The molecule has 0 radical (unpaired) electrons. The summed E-state index contributed by atoms with van der Waals surface area (Å²) in [6, 6.07) is 122. The van der Waals surface area contributed by atoms with E-state index >= 15 is 0 Å². The van der Waals surface area contributed by atoms with Crippen molar-refractivity contribution in [1.82, 2.24) is 4.57 Å². The van der Waals surface area contributed by atoms with Crippen LogP contribution in [0, 0.1) is 6.92 Å². The Kier molecular flexibility index (Phi) is 20.3. The molecule has 15 aromatic rings. The average Bonchev–Trinajstić information content (AvgIpc) is 1.56. The van der Waals surface area contributed by atoms with Gasteiger partial charge in [-0.1, -0.05) is 327 Å². The van der Waals surface area contributed by atoms with Gasteiger partial charge in [0.25, 0.3) is 0 Å². The van der Waals surface area contributed by atoms with Crippen molar-refractivity contribution >= 4 is 38.9 Å². The molecule has 2 nitrogen and oxygen atoms in total. The molecule has 2 heteroatoms. The summed E-state index contributed by atoms with van der Waals surface area (Å²) >= 11 is 0. The first-order valence-electron chi connectivity index (χ1n) is 37.4. The summed E-state index contributed by atoms with van der Waals surface area (Å²) in [5.41, 5.74) is 34.9. The number of hydrogen-bond acceptors (Lipinski definition) is 1. The predicted octanol–water partition coefficient (Wildman–Crippen LogP) is 28.8. The monoisotopic (exact) mass is 1320 g/mol. The number of hydrogen-bond donors (Lipinski definition) is 0. The van der Waals surface area contributed by atoms with E-state index in [2.05, 4.69) is 365 Å². The van der Waals surface area contributed by atoms with Crippen LogP contribution < -0.4 is 4.90 Å². The van der Waals surface area contributed by atoms with Gasteiger partial charge in [-0.3, -0.25) is 0 Å². The van der Waals surface area contributed by atoms with E-state index < -0.39 is 0 Å². The first kappa shape index (κ1) is 66.6. The van der Waals surface area contributed by atoms with Crippen LogP contribution in [0.5, 0.6) is 0 Å². The summed E-state index contributed by atoms with van der Waals surface area (Å²) in [6.07, 6.45) is 14.0. The lowest BCUT2D eigenvalue weighted by molar-refractivity contribution is 0.664. The molecule has 0 aliphatic rings. The van der Waals surface area contributed by atoms with Crippen LogP contribution in [0.15, 0.2) is 328 Å². The van der Waals surface area contributed by atoms with E-state index in [-0.39, 0.29) is 0 Å². The number of nitrogens with zero attached hydrogens (tertiary/aromatic N) is 2. The van der Waals surface area contributed by atoms with Crippen LogP contribution in [0.2, 0.25) is 0 Å². The molecule has 0 N–H and O–H groups in total. The van der Waals surface area contributed by atoms with Gasteiger partial charge in [0.15, 0.2) is 0 Å². The number of aromatic nitrogens is 1. The molecule has 0 unspecified atom stereocenters. The number of benzene rings is 14. The highest BCUT2D eigenvalue weighted by Crippen LogP contribution is 2.44. The van der Waals surface area contributed by atoms with Crippen molar-refractivity contribution in [3.63, 3.8) is 0 Å². The van der Waals surface area contributed by atoms with Crippen molar-refractivity contribution in [1.29, 1.82) is 0 Å². The molecule has 14 aromatic carbocycles. The molecule has 0 saturated carbocycles. The van der Waals surface area contributed by atoms with Gasteiger partial charge in [-0.15, -0.1) is 0 Å². The molecule has 0 amide bonds. The number of aryl methyl sites for hydroxylation is 4. The van der Waals surface area contributed by atoms with Gasteiger partial charge in [-0.05, 0) is 228 Å². The van der Waals surface area contributed by atoms with Crippen LogP contribution in [0.1, 0.15) is 101 Å². The second kappa shape index (κ2) is 31.1. The SMILES string of the molecule is CCCCCCc1cc(-c2ccc(N(c3ccc(-c4ccc(CCC)cc4)cc3)c3ccc(-c4ccc(-c5ccc(-c6ccccc6)cc5)cc4)cc3)cc2C)c(CCCCCC)cc1-c1ccc2c(c1)c1ccccc1n2-c1ccc(-c2ccc(-c3ccc(-c4ccccc4)cc3)cc2)cc1. The molecular formula is C100H90N2. The molecule has 102 heavy (non-hydrogen) atoms. The summed E-state index contributed by atoms with van der Waals surface area (Å²) < 4.78 is 2.46. The molecule has 0 aliphatic carbocycles. The Morgan fingerprint density at radius 1 is 0.245 bits per heavy atom. The van der Waals surface area contributed by atoms with E-state index in [1.807, 2.05) is 0 Å². The number of unbranched alkanes of at least 4 members (excludes halogenated alkanes) is 6. The molecule has 1 heterocycles. The summed E-state index contributed by atoms with van der Waals surface area (Å²) in [5, 5.41) is 2.55. The Labute approximate surface area is 604 Å². The zero-order valence-electron chi connectivity index (χ0n) is 59.6. The lowest BCUT2D eigenvalue weighted by Gasteiger charge is -2.27. The van der Waals surface area contributed by atoms with E-state index in [4.69, 9.17) is 0 Å². The Balaban J connectivity index is 0.751. The normalized spacial score (nSPS) is 11.4. The maximum Gasteiger partial charge on any atom is 0.0541 e. The van der Waals surface area contributed by atoms with Gasteiger partial charge < -0.3 is 9.47 Å². The van der Waals surface area contributed by atoms with Crippen molar-refractivity contribution in [2.24, 2.45) is 0 Å². The third kappa shape index (κ3) is 14.5. The minimum atomic E-state index is 1.03. The Morgan fingerprint density at radius 3 is 1.05 bits per heavy atom. The maximum absolute atomic E-state index is 2.61. The molecule has 500 valence electrons. The first-order valence-corrected chi connectivity index (χ1v) is 37.4. The minimum Gasteiger partial charge on any atom is -0.310 e. The second-order valence-corrected chi connectivity index (χ2v) is 27.8. The van der Waals surface area contributed by atoms with Gasteiger partial charge in [0.2, 0.25) is 0 Å². The zero-order valence-corrected chi connectivity index (χ0v) is 59.6. The first-order chi connectivity index (χ1) is 50.3. The number of para-hydroxylation sites is 1. The fourth-order valence-corrected chi connectivity index (χ4v) is 15.3. The van der Waals surface area contributed by atoms with Crippen LogP contribution in [-0.2, 0) is 19.3 Å². The van der Waals surface area contributed by atoms with Crippen molar-refractivity contribution in [3.05, 3.63) is 350 Å². The Morgan fingerprint density at radius 2 is 0.608 bits per heavy atom. The largest absolute Gasteiger partial charge is 0.310 e. The standard InChI is InChI=1S/C100H90N2/c1-5-8-10-14-27-87-69-97(88(28-15-11-9-6-2)68-96(87)89-57-66-100-98(70-89)95-29-20-21-30-99(95)102(100)92-62-55-86(56-63-92)83-49-45-81(46-50-83)79-41-37-77(38-42-79)74-25-18-13-19-26-74)94-65-64-93(67-71(94)4)101(90-58-51-84(52-59-90)75-33-31-72(22-7-3)32-34-75)91-60-53-85(54-61-91)82-47-43-80(44-48-82)78-39-35-76(36-40-78)73-23-16-12-17-24-73/h12-13,16-21,23-26,29-70H,5-11,14-15,22,27-28H2,1-4H3. The zero-order chi connectivity index (χ0) is 69.1. The highest BCUT2D eigenvalue weighted by atomic mass is 15.1. The molecule has 1 aromatic heterocycles. The van der Waals surface area contributed by atoms with Crippen molar-refractivity contribution < 1.29 is 0 Å². The van der Waals surface area contributed by atoms with E-state index in [1.165, 1.54) is 183 Å². The number of fused-ring (bicyclic) bond motifs is 3. The summed E-state index contributed by atoms with van der Waals surface area (Å²) in [6.45, 7) is 9.23. The highest BCUT2D eigenvalue weighted by Gasteiger charge is 2.21. The molecule has 0 bridgehead atoms. The molecule has 15 rings (SSSR count). The van der Waals surface area contributed by atoms with E-state index in [9.17, 15) is 0 Å². The molecule has 0 fully saturated rings. The fraction of sp³-hybridized carbons (Fsp3) is 0.160. The molecule has 0 saturated heterocycles. The topological polar surface area (TPSA) is 8.17 Å². The van der Waals surface area contributed by atoms with Gasteiger partial charge in [-0.25, -0.2) is 0 Å². The predicted molar refractivity (Wildman–Crippen MR) is 439 cm³/mol.